The summed E-state index contributed by atoms with van der Waals surface area (Å²) in [7, 11) is 0. The Kier molecular flexibility index (Phi) is 4.85. The minimum atomic E-state index is -1.15. The van der Waals surface area contributed by atoms with E-state index >= 15 is 0 Å². The van der Waals surface area contributed by atoms with Crippen LogP contribution in [0.25, 0.3) is 11.1 Å². The maximum absolute atomic E-state index is 12.2. The van der Waals surface area contributed by atoms with Crippen LogP contribution in [0.2, 0.25) is 0 Å². The number of rotatable bonds is 6. The maximum Gasteiger partial charge on any atom is 0.407 e. The highest BCUT2D eigenvalue weighted by molar-refractivity contribution is 5.81. The quantitative estimate of drug-likeness (QED) is 0.682. The van der Waals surface area contributed by atoms with Gasteiger partial charge >= 0.3 is 12.1 Å². The van der Waals surface area contributed by atoms with Gasteiger partial charge in [-0.15, -0.1) is 0 Å². The van der Waals surface area contributed by atoms with E-state index < -0.39 is 18.1 Å². The molecule has 1 amide bonds. The molecule has 4 rings (SSSR count). The minimum Gasteiger partial charge on any atom is -0.480 e. The number of carbonyl (C=O) groups is 2. The minimum absolute atomic E-state index is 0.0481. The third-order valence-corrected chi connectivity index (χ3v) is 4.92. The van der Waals surface area contributed by atoms with Crippen LogP contribution >= 0.6 is 0 Å². The highest BCUT2D eigenvalue weighted by Crippen LogP contribution is 2.44. The van der Waals surface area contributed by atoms with E-state index in [1.165, 1.54) is 6.26 Å². The lowest BCUT2D eigenvalue weighted by Gasteiger charge is -2.17. The third kappa shape index (κ3) is 3.49. The second-order valence-corrected chi connectivity index (χ2v) is 6.64. The van der Waals surface area contributed by atoms with E-state index in [1.54, 1.807) is 12.1 Å². The van der Waals surface area contributed by atoms with Gasteiger partial charge in [0, 0.05) is 12.3 Å². The van der Waals surface area contributed by atoms with Gasteiger partial charge in [-0.2, -0.15) is 0 Å². The van der Waals surface area contributed by atoms with Crippen LogP contribution in [-0.2, 0) is 16.0 Å². The smallest absolute Gasteiger partial charge is 0.407 e. The molecule has 6 heteroatoms. The second kappa shape index (κ2) is 7.60. The lowest BCUT2D eigenvalue weighted by atomic mass is 9.98. The molecule has 1 heterocycles. The number of hydrogen-bond acceptors (Lipinski definition) is 4. The summed E-state index contributed by atoms with van der Waals surface area (Å²) in [5.74, 6) is -0.747. The number of aliphatic carboxylic acids is 1. The van der Waals surface area contributed by atoms with Gasteiger partial charge in [-0.1, -0.05) is 48.5 Å². The Morgan fingerprint density at radius 3 is 2.21 bits per heavy atom. The first-order valence-corrected chi connectivity index (χ1v) is 9.00. The Morgan fingerprint density at radius 2 is 1.64 bits per heavy atom. The van der Waals surface area contributed by atoms with E-state index in [9.17, 15) is 14.7 Å². The molecule has 1 aromatic heterocycles. The Labute approximate surface area is 161 Å². The molecule has 1 atom stereocenters. The molecule has 0 radical (unpaired) electrons. The molecule has 0 fully saturated rings. The third-order valence-electron chi connectivity index (χ3n) is 4.92. The summed E-state index contributed by atoms with van der Waals surface area (Å²) in [5.41, 5.74) is 4.46. The van der Waals surface area contributed by atoms with Crippen molar-refractivity contribution in [1.29, 1.82) is 0 Å². The number of carboxylic acids is 1. The molecule has 2 aromatic carbocycles. The highest BCUT2D eigenvalue weighted by atomic mass is 16.5. The van der Waals surface area contributed by atoms with Gasteiger partial charge in [0.1, 0.15) is 18.4 Å². The highest BCUT2D eigenvalue weighted by Gasteiger charge is 2.29. The largest absolute Gasteiger partial charge is 0.480 e. The van der Waals surface area contributed by atoms with Crippen molar-refractivity contribution in [3.63, 3.8) is 0 Å². The molecule has 142 valence electrons. The van der Waals surface area contributed by atoms with Crippen molar-refractivity contribution in [2.75, 3.05) is 6.61 Å². The van der Waals surface area contributed by atoms with E-state index in [1.807, 2.05) is 36.4 Å². The molecule has 0 bridgehead atoms. The van der Waals surface area contributed by atoms with E-state index in [0.717, 1.165) is 22.3 Å². The number of fused-ring (bicyclic) bond motifs is 3. The predicted molar refractivity (Wildman–Crippen MR) is 102 cm³/mol. The second-order valence-electron chi connectivity index (χ2n) is 6.64. The van der Waals surface area contributed by atoms with Gasteiger partial charge in [0.15, 0.2) is 0 Å². The van der Waals surface area contributed by atoms with E-state index in [0.29, 0.717) is 5.76 Å². The number of carbonyl (C=O) groups excluding carboxylic acids is 1. The molecule has 2 N–H and O–H groups in total. The zero-order valence-corrected chi connectivity index (χ0v) is 15.0. The number of amides is 1. The first-order valence-electron chi connectivity index (χ1n) is 9.00. The number of benzene rings is 2. The Morgan fingerprint density at radius 1 is 1.00 bits per heavy atom. The lowest BCUT2D eigenvalue weighted by Crippen LogP contribution is -2.42. The molecular formula is C22H19NO5. The molecule has 3 aromatic rings. The summed E-state index contributed by atoms with van der Waals surface area (Å²) in [5, 5.41) is 11.8. The van der Waals surface area contributed by atoms with Crippen LogP contribution in [0.1, 0.15) is 22.8 Å². The van der Waals surface area contributed by atoms with Crippen LogP contribution in [0.3, 0.4) is 0 Å². The fourth-order valence-electron chi connectivity index (χ4n) is 3.61. The first kappa shape index (κ1) is 17.9. The zero-order valence-electron chi connectivity index (χ0n) is 15.0. The van der Waals surface area contributed by atoms with Crippen molar-refractivity contribution in [2.45, 2.75) is 18.4 Å². The normalized spacial score (nSPS) is 13.4. The van der Waals surface area contributed by atoms with E-state index in [2.05, 4.69) is 17.4 Å². The summed E-state index contributed by atoms with van der Waals surface area (Å²) in [6, 6.07) is 18.3. The molecule has 1 aliphatic carbocycles. The molecule has 0 aliphatic heterocycles. The van der Waals surface area contributed by atoms with Gasteiger partial charge < -0.3 is 19.6 Å². The topological polar surface area (TPSA) is 88.8 Å². The molecule has 1 aliphatic rings. The summed E-state index contributed by atoms with van der Waals surface area (Å²) in [6.45, 7) is 0.132. The van der Waals surface area contributed by atoms with Gasteiger partial charge in [0.25, 0.3) is 0 Å². The Bertz CT molecular complexity index is 950. The molecule has 28 heavy (non-hydrogen) atoms. The van der Waals surface area contributed by atoms with Crippen molar-refractivity contribution < 1.29 is 23.8 Å². The van der Waals surface area contributed by atoms with Gasteiger partial charge in [-0.05, 0) is 34.4 Å². The fraction of sp³-hybridized carbons (Fsp3) is 0.182. The molecule has 0 spiro atoms. The zero-order chi connectivity index (χ0) is 19.5. The average Bonchev–Trinajstić information content (AvgIpc) is 3.32. The average molecular weight is 377 g/mol. The molecule has 0 saturated heterocycles. The summed E-state index contributed by atoms with van der Waals surface area (Å²) in [6.07, 6.45) is 0.745. The van der Waals surface area contributed by atoms with Crippen molar-refractivity contribution >= 4 is 12.1 Å². The van der Waals surface area contributed by atoms with Crippen LogP contribution in [0.15, 0.2) is 71.3 Å². The lowest BCUT2D eigenvalue weighted by molar-refractivity contribution is -0.139. The Balaban J connectivity index is 1.44. The van der Waals surface area contributed by atoms with Crippen LogP contribution in [0, 0.1) is 0 Å². The monoisotopic (exact) mass is 377 g/mol. The van der Waals surface area contributed by atoms with Crippen LogP contribution in [0.4, 0.5) is 4.79 Å². The molecule has 0 saturated carbocycles. The van der Waals surface area contributed by atoms with Crippen molar-refractivity contribution in [2.24, 2.45) is 0 Å². The number of furan rings is 1. The van der Waals surface area contributed by atoms with Gasteiger partial charge in [0.05, 0.1) is 6.26 Å². The molecule has 6 nitrogen and oxygen atoms in total. The summed E-state index contributed by atoms with van der Waals surface area (Å²) < 4.78 is 10.6. The van der Waals surface area contributed by atoms with E-state index in [4.69, 9.17) is 9.15 Å². The van der Waals surface area contributed by atoms with Gasteiger partial charge in [-0.3, -0.25) is 0 Å². The Hall–Kier alpha value is -3.54. The van der Waals surface area contributed by atoms with Gasteiger partial charge in [0.2, 0.25) is 0 Å². The van der Waals surface area contributed by atoms with Gasteiger partial charge in [-0.25, -0.2) is 9.59 Å². The standard InChI is InChI=1S/C22H19NO5/c24-21(25)20(12-14-6-5-11-27-14)23-22(26)28-13-19-17-9-3-1-7-15(17)16-8-2-4-10-18(16)19/h1-11,19-20H,12-13H2,(H,23,26)(H,24,25). The first-order chi connectivity index (χ1) is 13.6. The van der Waals surface area contributed by atoms with Crippen LogP contribution in [-0.4, -0.2) is 29.8 Å². The summed E-state index contributed by atoms with van der Waals surface area (Å²) >= 11 is 0. The SMILES string of the molecule is O=C(NC(Cc1ccco1)C(=O)O)OCC1c2ccccc2-c2ccccc21. The predicted octanol–water partition coefficient (Wildman–Crippen LogP) is 3.81. The fourth-order valence-corrected chi connectivity index (χ4v) is 3.61. The van der Waals surface area contributed by atoms with Crippen molar-refractivity contribution in [1.82, 2.24) is 5.32 Å². The van der Waals surface area contributed by atoms with E-state index in [-0.39, 0.29) is 18.9 Å². The number of hydrogen-bond donors (Lipinski definition) is 2. The maximum atomic E-state index is 12.2. The molecular weight excluding hydrogens is 358 g/mol. The number of nitrogens with one attached hydrogen (secondary N) is 1. The number of ether oxygens (including phenoxy) is 1. The number of carboxylic acid groups (broad SMARTS) is 1. The summed E-state index contributed by atoms with van der Waals surface area (Å²) in [4.78, 5) is 23.7. The van der Waals surface area contributed by atoms with Crippen molar-refractivity contribution in [3.05, 3.63) is 83.8 Å². The van der Waals surface area contributed by atoms with Crippen LogP contribution in [0.5, 0.6) is 0 Å². The van der Waals surface area contributed by atoms with Crippen molar-refractivity contribution in [3.8, 4) is 11.1 Å². The molecule has 1 unspecified atom stereocenters. The van der Waals surface area contributed by atoms with Crippen LogP contribution < -0.4 is 5.32 Å². The number of alkyl carbamates (subject to hydrolysis) is 1.